The summed E-state index contributed by atoms with van der Waals surface area (Å²) < 4.78 is 37.5. The molecular formula is C13H13F3N4S. The number of nitrogen functional groups attached to an aromatic ring is 1. The maximum Gasteiger partial charge on any atom is 0.417 e. The van der Waals surface area contributed by atoms with Crippen molar-refractivity contribution < 1.29 is 13.2 Å². The van der Waals surface area contributed by atoms with Gasteiger partial charge in [-0.3, -0.25) is 0 Å². The maximum absolute atomic E-state index is 12.5. The van der Waals surface area contributed by atoms with Gasteiger partial charge in [0.1, 0.15) is 22.2 Å². The predicted octanol–water partition coefficient (Wildman–Crippen LogP) is 3.75. The van der Waals surface area contributed by atoms with Crippen LogP contribution in [0.3, 0.4) is 0 Å². The van der Waals surface area contributed by atoms with E-state index < -0.39 is 11.7 Å². The second kappa shape index (κ2) is 5.88. The SMILES string of the molecule is CC(C)c1c(N)ncnc1Sc1ccc(C(F)(F)F)cn1. The van der Waals surface area contributed by atoms with E-state index in [1.165, 1.54) is 24.2 Å². The standard InChI is InChI=1S/C13H13F3N4S/c1-7(2)10-11(17)19-6-20-12(10)21-9-4-3-8(5-18-9)13(14,15)16/h3-7H,1-2H3,(H2,17,19,20). The van der Waals surface area contributed by atoms with E-state index in [0.717, 1.165) is 17.8 Å². The summed E-state index contributed by atoms with van der Waals surface area (Å²) in [5.74, 6) is 0.470. The molecule has 0 saturated heterocycles. The fraction of sp³-hybridized carbons (Fsp3) is 0.308. The van der Waals surface area contributed by atoms with Crippen LogP contribution >= 0.6 is 11.8 Å². The average Bonchev–Trinajstić information content (AvgIpc) is 2.38. The number of nitrogens with two attached hydrogens (primary N) is 1. The zero-order valence-corrected chi connectivity index (χ0v) is 12.2. The van der Waals surface area contributed by atoms with Crippen molar-refractivity contribution >= 4 is 17.6 Å². The van der Waals surface area contributed by atoms with Crippen molar-refractivity contribution in [3.8, 4) is 0 Å². The first kappa shape index (κ1) is 15.6. The Labute approximate surface area is 124 Å². The van der Waals surface area contributed by atoms with Crippen LogP contribution in [0.25, 0.3) is 0 Å². The van der Waals surface area contributed by atoms with E-state index in [9.17, 15) is 13.2 Å². The van der Waals surface area contributed by atoms with E-state index in [0.29, 0.717) is 15.9 Å². The minimum atomic E-state index is -4.39. The summed E-state index contributed by atoms with van der Waals surface area (Å²) in [5.41, 5.74) is 5.81. The Bertz CT molecular complexity index is 626. The molecule has 21 heavy (non-hydrogen) atoms. The van der Waals surface area contributed by atoms with Gasteiger partial charge in [0.2, 0.25) is 0 Å². The third-order valence-electron chi connectivity index (χ3n) is 2.72. The van der Waals surface area contributed by atoms with Crippen LogP contribution < -0.4 is 5.73 Å². The molecule has 2 aromatic heterocycles. The van der Waals surface area contributed by atoms with Crippen LogP contribution in [0, 0.1) is 0 Å². The molecule has 0 radical (unpaired) electrons. The summed E-state index contributed by atoms with van der Waals surface area (Å²) in [7, 11) is 0. The molecule has 4 nitrogen and oxygen atoms in total. The van der Waals surface area contributed by atoms with Gasteiger partial charge < -0.3 is 5.73 Å². The number of halogens is 3. The quantitative estimate of drug-likeness (QED) is 0.874. The fourth-order valence-corrected chi connectivity index (χ4v) is 2.71. The van der Waals surface area contributed by atoms with Crippen molar-refractivity contribution in [1.29, 1.82) is 0 Å². The number of pyridine rings is 1. The van der Waals surface area contributed by atoms with Crippen LogP contribution in [0.15, 0.2) is 34.7 Å². The second-order valence-corrected chi connectivity index (χ2v) is 5.63. The highest BCUT2D eigenvalue weighted by Gasteiger charge is 2.30. The van der Waals surface area contributed by atoms with Gasteiger partial charge in [-0.25, -0.2) is 15.0 Å². The Balaban J connectivity index is 2.29. The Morgan fingerprint density at radius 1 is 1.14 bits per heavy atom. The summed E-state index contributed by atoms with van der Waals surface area (Å²) in [6, 6.07) is 2.31. The summed E-state index contributed by atoms with van der Waals surface area (Å²) >= 11 is 1.17. The van der Waals surface area contributed by atoms with E-state index >= 15 is 0 Å². The van der Waals surface area contributed by atoms with Gasteiger partial charge in [0.05, 0.1) is 5.56 Å². The number of nitrogens with zero attached hydrogens (tertiary/aromatic N) is 3. The molecule has 0 aliphatic carbocycles. The van der Waals surface area contributed by atoms with Crippen LogP contribution in [0.5, 0.6) is 0 Å². The lowest BCUT2D eigenvalue weighted by molar-refractivity contribution is -0.137. The Morgan fingerprint density at radius 3 is 2.38 bits per heavy atom. The minimum absolute atomic E-state index is 0.100. The van der Waals surface area contributed by atoms with Crippen LogP contribution in [0.4, 0.5) is 19.0 Å². The number of hydrogen-bond donors (Lipinski definition) is 1. The lowest BCUT2D eigenvalue weighted by Gasteiger charge is -2.12. The zero-order chi connectivity index (χ0) is 15.6. The summed E-state index contributed by atoms with van der Waals surface area (Å²) in [5, 5.41) is 1.02. The Kier molecular flexibility index (Phi) is 4.36. The third-order valence-corrected chi connectivity index (χ3v) is 3.69. The molecule has 0 amide bonds. The predicted molar refractivity (Wildman–Crippen MR) is 73.9 cm³/mol. The van der Waals surface area contributed by atoms with Crippen molar-refractivity contribution in [2.45, 2.75) is 36.0 Å². The molecule has 0 aliphatic heterocycles. The van der Waals surface area contributed by atoms with Gasteiger partial charge >= 0.3 is 6.18 Å². The van der Waals surface area contributed by atoms with E-state index in [4.69, 9.17) is 5.73 Å². The number of anilines is 1. The van der Waals surface area contributed by atoms with E-state index in [2.05, 4.69) is 15.0 Å². The molecule has 2 N–H and O–H groups in total. The monoisotopic (exact) mass is 314 g/mol. The molecule has 8 heteroatoms. The molecule has 2 aromatic rings. The molecule has 0 aromatic carbocycles. The fourth-order valence-electron chi connectivity index (χ4n) is 1.72. The molecule has 0 aliphatic rings. The first-order valence-corrected chi connectivity index (χ1v) is 6.92. The second-order valence-electron chi connectivity index (χ2n) is 4.62. The van der Waals surface area contributed by atoms with Crippen molar-refractivity contribution in [3.05, 3.63) is 35.8 Å². The first-order chi connectivity index (χ1) is 9.79. The highest BCUT2D eigenvalue weighted by molar-refractivity contribution is 7.99. The molecule has 112 valence electrons. The lowest BCUT2D eigenvalue weighted by Crippen LogP contribution is -2.05. The Hall–Kier alpha value is -1.83. The molecule has 2 rings (SSSR count). The zero-order valence-electron chi connectivity index (χ0n) is 11.3. The smallest absolute Gasteiger partial charge is 0.383 e. The molecule has 0 spiro atoms. The topological polar surface area (TPSA) is 64.7 Å². The average molecular weight is 314 g/mol. The number of hydrogen-bond acceptors (Lipinski definition) is 5. The van der Waals surface area contributed by atoms with Gasteiger partial charge in [0.15, 0.2) is 0 Å². The van der Waals surface area contributed by atoms with Crippen LogP contribution in [-0.4, -0.2) is 15.0 Å². The largest absolute Gasteiger partial charge is 0.417 e. The van der Waals surface area contributed by atoms with Crippen molar-refractivity contribution in [1.82, 2.24) is 15.0 Å². The summed E-state index contributed by atoms with van der Waals surface area (Å²) in [4.78, 5) is 11.9. The highest BCUT2D eigenvalue weighted by Crippen LogP contribution is 2.35. The van der Waals surface area contributed by atoms with Gasteiger partial charge in [-0.05, 0) is 29.8 Å². The molecular weight excluding hydrogens is 301 g/mol. The van der Waals surface area contributed by atoms with Crippen LogP contribution in [0.1, 0.15) is 30.9 Å². The molecule has 0 saturated carbocycles. The number of aromatic nitrogens is 3. The van der Waals surface area contributed by atoms with Gasteiger partial charge in [0, 0.05) is 11.8 Å². The lowest BCUT2D eigenvalue weighted by atomic mass is 10.1. The normalized spacial score (nSPS) is 11.9. The van der Waals surface area contributed by atoms with Crippen molar-refractivity contribution in [2.24, 2.45) is 0 Å². The number of alkyl halides is 3. The van der Waals surface area contributed by atoms with Gasteiger partial charge in [-0.15, -0.1) is 0 Å². The number of rotatable bonds is 3. The van der Waals surface area contributed by atoms with Gasteiger partial charge in [-0.2, -0.15) is 13.2 Å². The molecule has 0 unspecified atom stereocenters. The van der Waals surface area contributed by atoms with Gasteiger partial charge in [0.25, 0.3) is 0 Å². The van der Waals surface area contributed by atoms with Crippen LogP contribution in [0.2, 0.25) is 0 Å². The molecule has 2 heterocycles. The summed E-state index contributed by atoms with van der Waals surface area (Å²) in [6.07, 6.45) is -2.26. The van der Waals surface area contributed by atoms with Crippen molar-refractivity contribution in [2.75, 3.05) is 5.73 Å². The van der Waals surface area contributed by atoms with Gasteiger partial charge in [-0.1, -0.05) is 13.8 Å². The van der Waals surface area contributed by atoms with Crippen molar-refractivity contribution in [3.63, 3.8) is 0 Å². The highest BCUT2D eigenvalue weighted by atomic mass is 32.2. The third kappa shape index (κ3) is 3.63. The summed E-state index contributed by atoms with van der Waals surface area (Å²) in [6.45, 7) is 3.89. The maximum atomic E-state index is 12.5. The van der Waals surface area contributed by atoms with E-state index in [1.54, 1.807) is 0 Å². The minimum Gasteiger partial charge on any atom is -0.383 e. The van der Waals surface area contributed by atoms with Crippen LogP contribution in [-0.2, 0) is 6.18 Å². The van der Waals surface area contributed by atoms with E-state index in [1.807, 2.05) is 13.8 Å². The molecule has 0 atom stereocenters. The first-order valence-electron chi connectivity index (χ1n) is 6.10. The molecule has 0 bridgehead atoms. The Morgan fingerprint density at radius 2 is 1.86 bits per heavy atom. The van der Waals surface area contributed by atoms with E-state index in [-0.39, 0.29) is 5.92 Å². The molecule has 0 fully saturated rings.